The van der Waals surface area contributed by atoms with Crippen LogP contribution in [0, 0.1) is 11.3 Å². The number of rotatable bonds is 4. The van der Waals surface area contributed by atoms with Gasteiger partial charge in [-0.05, 0) is 50.7 Å². The van der Waals surface area contributed by atoms with Crippen LogP contribution in [-0.4, -0.2) is 25.0 Å². The van der Waals surface area contributed by atoms with E-state index in [-0.39, 0.29) is 0 Å². The van der Waals surface area contributed by atoms with Crippen molar-refractivity contribution in [3.05, 3.63) is 0 Å². The average Bonchev–Trinajstić information content (AvgIpc) is 2.22. The molecule has 0 aromatic heterocycles. The first-order valence-electron chi connectivity index (χ1n) is 6.30. The van der Waals surface area contributed by atoms with E-state index in [2.05, 4.69) is 32.7 Å². The summed E-state index contributed by atoms with van der Waals surface area (Å²) in [5, 5.41) is 0. The van der Waals surface area contributed by atoms with Crippen molar-refractivity contribution in [1.29, 1.82) is 0 Å². The van der Waals surface area contributed by atoms with Gasteiger partial charge in [-0.25, -0.2) is 0 Å². The predicted molar refractivity (Wildman–Crippen MR) is 63.5 cm³/mol. The lowest BCUT2D eigenvalue weighted by Crippen LogP contribution is -2.38. The first kappa shape index (κ1) is 12.0. The van der Waals surface area contributed by atoms with E-state index in [9.17, 15) is 0 Å². The molecule has 14 heavy (non-hydrogen) atoms. The Labute approximate surface area is 89.9 Å². The zero-order valence-electron chi connectivity index (χ0n) is 10.5. The second-order valence-corrected chi connectivity index (χ2v) is 5.37. The maximum Gasteiger partial charge on any atom is -0.00165 e. The SMILES string of the molecule is CCC(C)CC1(CC)CCN(C)CC1. The summed E-state index contributed by atoms with van der Waals surface area (Å²) >= 11 is 0. The molecule has 1 fully saturated rings. The second kappa shape index (κ2) is 5.16. The van der Waals surface area contributed by atoms with E-state index in [1.54, 1.807) is 0 Å². The third kappa shape index (κ3) is 2.98. The van der Waals surface area contributed by atoms with Crippen LogP contribution in [0.1, 0.15) is 52.9 Å². The predicted octanol–water partition coefficient (Wildman–Crippen LogP) is 3.54. The molecule has 1 unspecified atom stereocenters. The van der Waals surface area contributed by atoms with Crippen LogP contribution < -0.4 is 0 Å². The summed E-state index contributed by atoms with van der Waals surface area (Å²) < 4.78 is 0. The number of hydrogen-bond donors (Lipinski definition) is 0. The molecule has 0 spiro atoms. The van der Waals surface area contributed by atoms with Gasteiger partial charge in [-0.2, -0.15) is 0 Å². The molecule has 1 nitrogen and oxygen atoms in total. The Morgan fingerprint density at radius 1 is 1.21 bits per heavy atom. The lowest BCUT2D eigenvalue weighted by molar-refractivity contribution is 0.0905. The third-order valence-electron chi connectivity index (χ3n) is 4.28. The van der Waals surface area contributed by atoms with Crippen LogP contribution >= 0.6 is 0 Å². The Balaban J connectivity index is 2.49. The zero-order valence-corrected chi connectivity index (χ0v) is 10.5. The summed E-state index contributed by atoms with van der Waals surface area (Å²) in [6.45, 7) is 9.74. The van der Waals surface area contributed by atoms with Gasteiger partial charge < -0.3 is 4.90 Å². The number of nitrogens with zero attached hydrogens (tertiary/aromatic N) is 1. The van der Waals surface area contributed by atoms with Crippen molar-refractivity contribution in [1.82, 2.24) is 4.90 Å². The van der Waals surface area contributed by atoms with Gasteiger partial charge in [-0.15, -0.1) is 0 Å². The van der Waals surface area contributed by atoms with Crippen LogP contribution in [0.2, 0.25) is 0 Å². The maximum atomic E-state index is 2.48. The van der Waals surface area contributed by atoms with Crippen LogP contribution in [-0.2, 0) is 0 Å². The number of likely N-dealkylation sites (tertiary alicyclic amines) is 1. The molecule has 1 heteroatoms. The Bertz CT molecular complexity index is 157. The van der Waals surface area contributed by atoms with Gasteiger partial charge in [-0.3, -0.25) is 0 Å². The van der Waals surface area contributed by atoms with Crippen molar-refractivity contribution in [3.8, 4) is 0 Å². The van der Waals surface area contributed by atoms with Crippen molar-refractivity contribution in [2.45, 2.75) is 52.9 Å². The lowest BCUT2D eigenvalue weighted by atomic mass is 9.70. The van der Waals surface area contributed by atoms with Gasteiger partial charge >= 0.3 is 0 Å². The molecule has 0 bridgehead atoms. The maximum absolute atomic E-state index is 2.48. The average molecular weight is 197 g/mol. The van der Waals surface area contributed by atoms with E-state index in [1.807, 2.05) is 0 Å². The molecule has 0 saturated carbocycles. The fourth-order valence-corrected chi connectivity index (χ4v) is 2.68. The second-order valence-electron chi connectivity index (χ2n) is 5.37. The minimum atomic E-state index is 0.682. The summed E-state index contributed by atoms with van der Waals surface area (Å²) in [5.74, 6) is 0.915. The summed E-state index contributed by atoms with van der Waals surface area (Å²) in [6.07, 6.45) is 7.02. The number of piperidine rings is 1. The van der Waals surface area contributed by atoms with Gasteiger partial charge in [-0.1, -0.05) is 33.6 Å². The highest BCUT2D eigenvalue weighted by Crippen LogP contribution is 2.40. The first-order chi connectivity index (χ1) is 6.62. The van der Waals surface area contributed by atoms with Gasteiger partial charge in [0.25, 0.3) is 0 Å². The Kier molecular flexibility index (Phi) is 4.43. The van der Waals surface area contributed by atoms with Crippen molar-refractivity contribution >= 4 is 0 Å². The highest BCUT2D eigenvalue weighted by molar-refractivity contribution is 4.85. The van der Waals surface area contributed by atoms with Crippen molar-refractivity contribution < 1.29 is 0 Å². The summed E-state index contributed by atoms with van der Waals surface area (Å²) in [6, 6.07) is 0. The van der Waals surface area contributed by atoms with Crippen LogP contribution in [0.25, 0.3) is 0 Å². The molecule has 0 radical (unpaired) electrons. The molecular formula is C13H27N. The van der Waals surface area contributed by atoms with E-state index < -0.39 is 0 Å². The Morgan fingerprint density at radius 3 is 2.21 bits per heavy atom. The molecule has 1 aliphatic rings. The molecule has 1 saturated heterocycles. The van der Waals surface area contributed by atoms with Crippen molar-refractivity contribution in [2.24, 2.45) is 11.3 Å². The molecule has 0 N–H and O–H groups in total. The third-order valence-corrected chi connectivity index (χ3v) is 4.28. The minimum Gasteiger partial charge on any atom is -0.306 e. The van der Waals surface area contributed by atoms with Crippen LogP contribution in [0.4, 0.5) is 0 Å². The fraction of sp³-hybridized carbons (Fsp3) is 1.00. The van der Waals surface area contributed by atoms with E-state index >= 15 is 0 Å². The van der Waals surface area contributed by atoms with Crippen LogP contribution in [0.5, 0.6) is 0 Å². The molecule has 1 heterocycles. The molecule has 0 aromatic carbocycles. The zero-order chi connectivity index (χ0) is 10.6. The van der Waals surface area contributed by atoms with Crippen LogP contribution in [0.3, 0.4) is 0 Å². The summed E-state index contributed by atoms with van der Waals surface area (Å²) in [5.41, 5.74) is 0.682. The Hall–Kier alpha value is -0.0400. The molecule has 1 aliphatic heterocycles. The van der Waals surface area contributed by atoms with Gasteiger partial charge in [0.1, 0.15) is 0 Å². The van der Waals surface area contributed by atoms with E-state index in [4.69, 9.17) is 0 Å². The monoisotopic (exact) mass is 197 g/mol. The first-order valence-corrected chi connectivity index (χ1v) is 6.30. The molecule has 1 atom stereocenters. The normalized spacial score (nSPS) is 24.9. The smallest absolute Gasteiger partial charge is 0.00165 e. The van der Waals surface area contributed by atoms with Gasteiger partial charge in [0.2, 0.25) is 0 Å². The molecule has 84 valence electrons. The summed E-state index contributed by atoms with van der Waals surface area (Å²) in [4.78, 5) is 2.48. The van der Waals surface area contributed by atoms with Gasteiger partial charge in [0.05, 0.1) is 0 Å². The van der Waals surface area contributed by atoms with Crippen molar-refractivity contribution in [3.63, 3.8) is 0 Å². The van der Waals surface area contributed by atoms with E-state index in [0.29, 0.717) is 5.41 Å². The molecule has 0 amide bonds. The molecular weight excluding hydrogens is 170 g/mol. The van der Waals surface area contributed by atoms with Crippen LogP contribution in [0.15, 0.2) is 0 Å². The lowest BCUT2D eigenvalue weighted by Gasteiger charge is -2.41. The minimum absolute atomic E-state index is 0.682. The number of hydrogen-bond acceptors (Lipinski definition) is 1. The standard InChI is InChI=1S/C13H27N/c1-5-12(3)11-13(6-2)7-9-14(4)10-8-13/h12H,5-11H2,1-4H3. The largest absolute Gasteiger partial charge is 0.306 e. The van der Waals surface area contributed by atoms with E-state index in [0.717, 1.165) is 5.92 Å². The summed E-state index contributed by atoms with van der Waals surface area (Å²) in [7, 11) is 2.25. The highest BCUT2D eigenvalue weighted by atomic mass is 15.1. The van der Waals surface area contributed by atoms with Crippen molar-refractivity contribution in [2.75, 3.05) is 20.1 Å². The fourth-order valence-electron chi connectivity index (χ4n) is 2.68. The molecule has 0 aromatic rings. The topological polar surface area (TPSA) is 3.24 Å². The Morgan fingerprint density at radius 2 is 1.79 bits per heavy atom. The molecule has 0 aliphatic carbocycles. The van der Waals surface area contributed by atoms with E-state index in [1.165, 1.54) is 45.2 Å². The van der Waals surface area contributed by atoms with Gasteiger partial charge in [0, 0.05) is 0 Å². The highest BCUT2D eigenvalue weighted by Gasteiger charge is 2.32. The quantitative estimate of drug-likeness (QED) is 0.666. The van der Waals surface area contributed by atoms with Gasteiger partial charge in [0.15, 0.2) is 0 Å². The molecule has 1 rings (SSSR count).